The molecule has 1 amide bonds. The molecule has 27 heavy (non-hydrogen) atoms. The summed E-state index contributed by atoms with van der Waals surface area (Å²) >= 11 is 0. The molecule has 0 saturated heterocycles. The van der Waals surface area contributed by atoms with E-state index in [4.69, 9.17) is 0 Å². The van der Waals surface area contributed by atoms with Crippen molar-refractivity contribution in [2.24, 2.45) is 5.92 Å². The monoisotopic (exact) mass is 370 g/mol. The summed E-state index contributed by atoms with van der Waals surface area (Å²) in [7, 11) is 0. The van der Waals surface area contributed by atoms with Gasteiger partial charge in [-0.2, -0.15) is 0 Å². The molecule has 2 aromatic rings. The van der Waals surface area contributed by atoms with Crippen molar-refractivity contribution in [2.45, 2.75) is 39.4 Å². The van der Waals surface area contributed by atoms with E-state index in [0.29, 0.717) is 12.5 Å². The molecule has 0 aliphatic carbocycles. The van der Waals surface area contributed by atoms with Gasteiger partial charge in [-0.25, -0.2) is 4.79 Å². The number of aromatic amines is 1. The number of fused-ring (bicyclic) bond motifs is 1. The fourth-order valence-corrected chi connectivity index (χ4v) is 3.58. The standard InChI is InChI=1S/C20H26N4O3/c1-14(2)17(23-9-7-15-5-3-4-6-16(15)12-23)11-21-19(26)13-24-10-8-18(25)22-20(24)27/h3-6,8,10,14,17H,7,9,11-13H2,1-2H3,(H,21,26)(H,22,25,27)/t17-/m1/s1. The molecule has 2 heterocycles. The molecule has 1 atom stereocenters. The first-order valence-corrected chi connectivity index (χ1v) is 9.31. The topological polar surface area (TPSA) is 87.2 Å². The Labute approximate surface area is 158 Å². The first-order chi connectivity index (χ1) is 12.9. The van der Waals surface area contributed by atoms with Crippen molar-refractivity contribution in [1.29, 1.82) is 0 Å². The van der Waals surface area contributed by atoms with Gasteiger partial charge in [0.05, 0.1) is 0 Å². The van der Waals surface area contributed by atoms with Crippen molar-refractivity contribution in [3.8, 4) is 0 Å². The van der Waals surface area contributed by atoms with E-state index in [2.05, 4.69) is 53.3 Å². The lowest BCUT2D eigenvalue weighted by Crippen LogP contribution is -2.49. The number of carbonyl (C=O) groups excluding carboxylic acids is 1. The lowest BCUT2D eigenvalue weighted by Gasteiger charge is -2.38. The Hall–Kier alpha value is -2.67. The number of rotatable bonds is 6. The molecular formula is C20H26N4O3. The third kappa shape index (κ3) is 4.74. The minimum Gasteiger partial charge on any atom is -0.353 e. The zero-order valence-electron chi connectivity index (χ0n) is 15.8. The van der Waals surface area contributed by atoms with Gasteiger partial charge >= 0.3 is 5.69 Å². The SMILES string of the molecule is CC(C)[C@@H](CNC(=O)Cn1ccc(=O)[nH]c1=O)N1CCc2ccccc2C1. The second kappa shape index (κ2) is 8.35. The van der Waals surface area contributed by atoms with Crippen LogP contribution in [0.4, 0.5) is 0 Å². The number of carbonyl (C=O) groups is 1. The number of aromatic nitrogens is 2. The Balaban J connectivity index is 1.61. The summed E-state index contributed by atoms with van der Waals surface area (Å²) < 4.78 is 1.19. The predicted molar refractivity (Wildman–Crippen MR) is 104 cm³/mol. The van der Waals surface area contributed by atoms with Crippen LogP contribution < -0.4 is 16.6 Å². The van der Waals surface area contributed by atoms with Gasteiger partial charge in [-0.15, -0.1) is 0 Å². The molecule has 0 fully saturated rings. The summed E-state index contributed by atoms with van der Waals surface area (Å²) in [5.41, 5.74) is 1.70. The molecule has 1 aromatic heterocycles. The van der Waals surface area contributed by atoms with Crippen molar-refractivity contribution in [3.05, 3.63) is 68.5 Å². The molecule has 3 rings (SSSR count). The van der Waals surface area contributed by atoms with Gasteiger partial charge in [-0.1, -0.05) is 38.1 Å². The molecule has 1 aliphatic heterocycles. The van der Waals surface area contributed by atoms with Gasteiger partial charge in [0.25, 0.3) is 5.56 Å². The minimum atomic E-state index is -0.578. The molecule has 144 valence electrons. The van der Waals surface area contributed by atoms with E-state index >= 15 is 0 Å². The summed E-state index contributed by atoms with van der Waals surface area (Å²) in [4.78, 5) is 39.7. The van der Waals surface area contributed by atoms with Crippen LogP contribution in [0, 0.1) is 5.92 Å². The van der Waals surface area contributed by atoms with Crippen molar-refractivity contribution in [3.63, 3.8) is 0 Å². The fraction of sp³-hybridized carbons (Fsp3) is 0.450. The van der Waals surface area contributed by atoms with E-state index in [1.807, 2.05) is 0 Å². The van der Waals surface area contributed by atoms with E-state index in [1.165, 1.54) is 28.0 Å². The average Bonchev–Trinajstić information content (AvgIpc) is 2.64. The maximum absolute atomic E-state index is 12.3. The quantitative estimate of drug-likeness (QED) is 0.785. The van der Waals surface area contributed by atoms with E-state index in [9.17, 15) is 14.4 Å². The van der Waals surface area contributed by atoms with Gasteiger partial charge in [-0.3, -0.25) is 24.0 Å². The van der Waals surface area contributed by atoms with Gasteiger partial charge in [0.15, 0.2) is 0 Å². The Morgan fingerprint density at radius 3 is 2.63 bits per heavy atom. The molecule has 2 N–H and O–H groups in total. The first kappa shape index (κ1) is 19.1. The van der Waals surface area contributed by atoms with Crippen LogP contribution in [0.5, 0.6) is 0 Å². The van der Waals surface area contributed by atoms with Crippen LogP contribution in [0.25, 0.3) is 0 Å². The normalized spacial score (nSPS) is 15.4. The molecule has 0 radical (unpaired) electrons. The Kier molecular flexibility index (Phi) is 5.91. The Bertz CT molecular complexity index is 916. The van der Waals surface area contributed by atoms with Gasteiger partial charge in [-0.05, 0) is 23.5 Å². The summed E-state index contributed by atoms with van der Waals surface area (Å²) in [6.07, 6.45) is 2.35. The average molecular weight is 370 g/mol. The lowest BCUT2D eigenvalue weighted by molar-refractivity contribution is -0.122. The van der Waals surface area contributed by atoms with Crippen LogP contribution in [-0.2, 0) is 24.3 Å². The van der Waals surface area contributed by atoms with Crippen LogP contribution in [-0.4, -0.2) is 39.5 Å². The van der Waals surface area contributed by atoms with Gasteiger partial charge < -0.3 is 5.32 Å². The van der Waals surface area contributed by atoms with Crippen molar-refractivity contribution >= 4 is 5.91 Å². The Morgan fingerprint density at radius 2 is 1.93 bits per heavy atom. The zero-order chi connectivity index (χ0) is 19.4. The highest BCUT2D eigenvalue weighted by molar-refractivity contribution is 5.75. The summed E-state index contributed by atoms with van der Waals surface area (Å²) in [5.74, 6) is 0.138. The third-order valence-corrected chi connectivity index (χ3v) is 5.12. The third-order valence-electron chi connectivity index (χ3n) is 5.12. The first-order valence-electron chi connectivity index (χ1n) is 9.31. The van der Waals surface area contributed by atoms with Gasteiger partial charge in [0.2, 0.25) is 5.91 Å². The molecule has 0 spiro atoms. The minimum absolute atomic E-state index is 0.108. The maximum atomic E-state index is 12.3. The molecule has 0 saturated carbocycles. The molecule has 7 nitrogen and oxygen atoms in total. The van der Waals surface area contributed by atoms with E-state index in [1.54, 1.807) is 0 Å². The fourth-order valence-electron chi connectivity index (χ4n) is 3.58. The smallest absolute Gasteiger partial charge is 0.328 e. The highest BCUT2D eigenvalue weighted by Crippen LogP contribution is 2.22. The zero-order valence-corrected chi connectivity index (χ0v) is 15.8. The van der Waals surface area contributed by atoms with E-state index in [-0.39, 0.29) is 18.5 Å². The second-order valence-corrected chi connectivity index (χ2v) is 7.34. The lowest BCUT2D eigenvalue weighted by atomic mass is 9.95. The molecule has 7 heteroatoms. The molecule has 1 aromatic carbocycles. The van der Waals surface area contributed by atoms with Crippen LogP contribution in [0.2, 0.25) is 0 Å². The molecular weight excluding hydrogens is 344 g/mol. The summed E-state index contributed by atoms with van der Waals surface area (Å²) in [6, 6.07) is 9.94. The highest BCUT2D eigenvalue weighted by Gasteiger charge is 2.26. The largest absolute Gasteiger partial charge is 0.353 e. The van der Waals surface area contributed by atoms with Crippen LogP contribution in [0.1, 0.15) is 25.0 Å². The van der Waals surface area contributed by atoms with Crippen molar-refractivity contribution in [2.75, 3.05) is 13.1 Å². The molecule has 0 bridgehead atoms. The number of hydrogen-bond donors (Lipinski definition) is 2. The van der Waals surface area contributed by atoms with Crippen molar-refractivity contribution in [1.82, 2.24) is 19.8 Å². The van der Waals surface area contributed by atoms with Crippen LogP contribution >= 0.6 is 0 Å². The maximum Gasteiger partial charge on any atom is 0.328 e. The number of hydrogen-bond acceptors (Lipinski definition) is 4. The van der Waals surface area contributed by atoms with Gasteiger partial charge in [0, 0.05) is 37.9 Å². The van der Waals surface area contributed by atoms with Crippen LogP contribution in [0.15, 0.2) is 46.1 Å². The number of nitrogens with zero attached hydrogens (tertiary/aromatic N) is 2. The summed E-state index contributed by atoms with van der Waals surface area (Å²) in [5, 5.41) is 2.94. The number of benzene rings is 1. The van der Waals surface area contributed by atoms with Crippen LogP contribution in [0.3, 0.4) is 0 Å². The molecule has 0 unspecified atom stereocenters. The van der Waals surface area contributed by atoms with Crippen molar-refractivity contribution < 1.29 is 4.79 Å². The number of amides is 1. The molecule has 1 aliphatic rings. The van der Waals surface area contributed by atoms with Gasteiger partial charge in [0.1, 0.15) is 6.54 Å². The predicted octanol–water partition coefficient (Wildman–Crippen LogP) is 0.736. The van der Waals surface area contributed by atoms with E-state index in [0.717, 1.165) is 19.5 Å². The number of H-pyrrole nitrogens is 1. The Morgan fingerprint density at radius 1 is 1.19 bits per heavy atom. The second-order valence-electron chi connectivity index (χ2n) is 7.34. The van der Waals surface area contributed by atoms with E-state index < -0.39 is 11.2 Å². The highest BCUT2D eigenvalue weighted by atomic mass is 16.2. The summed E-state index contributed by atoms with van der Waals surface area (Å²) in [6.45, 7) is 6.58. The number of nitrogens with one attached hydrogen (secondary N) is 2.